The van der Waals surface area contributed by atoms with E-state index < -0.39 is 0 Å². The Morgan fingerprint density at radius 3 is 2.10 bits per heavy atom. The number of benzene rings is 2. The third kappa shape index (κ3) is 6.43. The van der Waals surface area contributed by atoms with Crippen LogP contribution in [-0.4, -0.2) is 14.7 Å². The van der Waals surface area contributed by atoms with Crippen LogP contribution in [0.1, 0.15) is 63.2 Å². The van der Waals surface area contributed by atoms with Gasteiger partial charge in [0, 0.05) is 21.5 Å². The lowest BCUT2D eigenvalue weighted by molar-refractivity contribution is 0.265. The molecule has 1 heterocycles. The highest BCUT2D eigenvalue weighted by Crippen LogP contribution is 2.37. The van der Waals surface area contributed by atoms with E-state index in [-0.39, 0.29) is 30.3 Å². The molecule has 3 nitrogen and oxygen atoms in total. The molecule has 0 fully saturated rings. The van der Waals surface area contributed by atoms with Crippen LogP contribution in [0.5, 0.6) is 0 Å². The van der Waals surface area contributed by atoms with Crippen molar-refractivity contribution in [2.75, 3.05) is 0 Å². The fourth-order valence-electron chi connectivity index (χ4n) is 3.26. The van der Waals surface area contributed by atoms with Gasteiger partial charge in [0.25, 0.3) is 0 Å². The van der Waals surface area contributed by atoms with Gasteiger partial charge in [-0.15, -0.1) is 12.4 Å². The van der Waals surface area contributed by atoms with Crippen LogP contribution in [0.2, 0.25) is 10.0 Å². The summed E-state index contributed by atoms with van der Waals surface area (Å²) in [7, 11) is 0. The summed E-state index contributed by atoms with van der Waals surface area (Å²) in [6.45, 7) is 11.4. The lowest BCUT2D eigenvalue weighted by Gasteiger charge is -2.19. The Kier molecular flexibility index (Phi) is 8.95. The molecule has 0 amide bonds. The molecule has 0 aliphatic rings. The van der Waals surface area contributed by atoms with Crippen molar-refractivity contribution in [2.24, 2.45) is 0 Å². The van der Waals surface area contributed by atoms with Gasteiger partial charge in [0.2, 0.25) is 0 Å². The summed E-state index contributed by atoms with van der Waals surface area (Å²) in [5.41, 5.74) is 3.54. The highest BCUT2D eigenvalue weighted by Gasteiger charge is 2.21. The molecule has 0 unspecified atom stereocenters. The Bertz CT molecular complexity index is 1000. The Hall–Kier alpha value is -1.17. The Morgan fingerprint density at radius 2 is 1.61 bits per heavy atom. The summed E-state index contributed by atoms with van der Waals surface area (Å²) < 4.78 is 2.10. The van der Waals surface area contributed by atoms with Gasteiger partial charge in [-0.2, -0.15) is 0 Å². The second-order valence-corrected chi connectivity index (χ2v) is 10.7. The van der Waals surface area contributed by atoms with Crippen LogP contribution in [0.25, 0.3) is 0 Å². The fraction of sp³-hybridized carbons (Fsp3) is 0.375. The minimum atomic E-state index is -0.114. The molecule has 1 aromatic heterocycles. The second-order valence-electron chi connectivity index (χ2n) is 8.77. The maximum Gasteiger partial charge on any atom is 0.136 e. The first kappa shape index (κ1) is 26.1. The standard InChI is InChI=1S/C24H28Cl2N2OS.ClH/c1-15(2)22-23(30-20-11-18(25)10-19(26)12-20)28(21(14-29)27-22)13-16-6-8-17(9-7-16)24(3,4)5;/h6-12,15,29H,13-14H2,1-5H3;1H. The van der Waals surface area contributed by atoms with Crippen molar-refractivity contribution in [1.82, 2.24) is 9.55 Å². The number of hydrogen-bond donors (Lipinski definition) is 1. The molecule has 0 bridgehead atoms. The highest BCUT2D eigenvalue weighted by atomic mass is 35.5. The molecule has 0 atom stereocenters. The largest absolute Gasteiger partial charge is 0.388 e. The first-order valence-corrected chi connectivity index (χ1v) is 11.6. The van der Waals surface area contributed by atoms with Gasteiger partial charge < -0.3 is 9.67 Å². The van der Waals surface area contributed by atoms with E-state index >= 15 is 0 Å². The number of aromatic nitrogens is 2. The quantitative estimate of drug-likeness (QED) is 0.377. The minimum Gasteiger partial charge on any atom is -0.388 e. The van der Waals surface area contributed by atoms with Crippen molar-refractivity contribution in [3.63, 3.8) is 0 Å². The molecular weight excluding hydrogens is 471 g/mol. The van der Waals surface area contributed by atoms with Gasteiger partial charge in [0.1, 0.15) is 17.5 Å². The molecule has 7 heteroatoms. The first-order chi connectivity index (χ1) is 14.1. The van der Waals surface area contributed by atoms with Crippen LogP contribution in [0.15, 0.2) is 52.4 Å². The van der Waals surface area contributed by atoms with Gasteiger partial charge in [0.05, 0.1) is 5.69 Å². The zero-order valence-corrected chi connectivity index (χ0v) is 21.6. The average Bonchev–Trinajstić information content (AvgIpc) is 2.98. The molecule has 3 rings (SSSR count). The average molecular weight is 500 g/mol. The van der Waals surface area contributed by atoms with E-state index in [0.717, 1.165) is 21.2 Å². The maximum atomic E-state index is 9.99. The van der Waals surface area contributed by atoms with Crippen LogP contribution < -0.4 is 0 Å². The van der Waals surface area contributed by atoms with E-state index in [2.05, 4.69) is 63.5 Å². The normalized spacial score (nSPS) is 11.6. The fourth-order valence-corrected chi connectivity index (χ4v) is 5.18. The third-order valence-electron chi connectivity index (χ3n) is 4.92. The Morgan fingerprint density at radius 1 is 1.03 bits per heavy atom. The topological polar surface area (TPSA) is 38.1 Å². The van der Waals surface area contributed by atoms with E-state index in [4.69, 9.17) is 28.2 Å². The summed E-state index contributed by atoms with van der Waals surface area (Å²) in [4.78, 5) is 5.70. The summed E-state index contributed by atoms with van der Waals surface area (Å²) in [5, 5.41) is 12.2. The van der Waals surface area contributed by atoms with Crippen LogP contribution in [0, 0.1) is 0 Å². The van der Waals surface area contributed by atoms with Gasteiger partial charge in [0.15, 0.2) is 0 Å². The lowest BCUT2D eigenvalue weighted by atomic mass is 9.87. The molecule has 2 aromatic carbocycles. The van der Waals surface area contributed by atoms with Crippen molar-refractivity contribution in [1.29, 1.82) is 0 Å². The Balaban J connectivity index is 0.00000341. The number of halogens is 3. The molecule has 0 saturated heterocycles. The van der Waals surface area contributed by atoms with Crippen LogP contribution >= 0.6 is 47.4 Å². The zero-order valence-electron chi connectivity index (χ0n) is 18.4. The van der Waals surface area contributed by atoms with Crippen LogP contribution in [0.3, 0.4) is 0 Å². The smallest absolute Gasteiger partial charge is 0.136 e. The van der Waals surface area contributed by atoms with E-state index in [0.29, 0.717) is 22.4 Å². The lowest BCUT2D eigenvalue weighted by Crippen LogP contribution is -2.11. The molecule has 1 N–H and O–H groups in total. The number of hydrogen-bond acceptors (Lipinski definition) is 3. The molecule has 31 heavy (non-hydrogen) atoms. The number of aliphatic hydroxyl groups is 1. The molecule has 0 spiro atoms. The number of nitrogens with zero attached hydrogens (tertiary/aromatic N) is 2. The monoisotopic (exact) mass is 498 g/mol. The zero-order chi connectivity index (χ0) is 22.1. The van der Waals surface area contributed by atoms with Crippen LogP contribution in [0.4, 0.5) is 0 Å². The molecule has 0 aliphatic heterocycles. The summed E-state index contributed by atoms with van der Waals surface area (Å²) in [6.07, 6.45) is 0. The van der Waals surface area contributed by atoms with E-state index in [1.807, 2.05) is 12.1 Å². The third-order valence-corrected chi connectivity index (χ3v) is 6.46. The molecule has 0 radical (unpaired) electrons. The molecule has 0 saturated carbocycles. The number of aliphatic hydroxyl groups excluding tert-OH is 1. The Labute approximate surface area is 205 Å². The highest BCUT2D eigenvalue weighted by molar-refractivity contribution is 7.99. The summed E-state index contributed by atoms with van der Waals surface area (Å²) in [5.74, 6) is 0.881. The summed E-state index contributed by atoms with van der Waals surface area (Å²) >= 11 is 14.0. The van der Waals surface area contributed by atoms with Crippen molar-refractivity contribution in [3.8, 4) is 0 Å². The van der Waals surface area contributed by atoms with Gasteiger partial charge in [-0.05, 0) is 40.7 Å². The number of imidazole rings is 1. The maximum absolute atomic E-state index is 9.99. The van der Waals surface area contributed by atoms with Gasteiger partial charge in [-0.25, -0.2) is 4.98 Å². The van der Waals surface area contributed by atoms with E-state index in [1.165, 1.54) is 5.56 Å². The predicted octanol–water partition coefficient (Wildman–Crippen LogP) is 7.72. The first-order valence-electron chi connectivity index (χ1n) is 10.0. The molecule has 168 valence electrons. The molecule has 0 aliphatic carbocycles. The van der Waals surface area contributed by atoms with Crippen molar-refractivity contribution in [2.45, 2.75) is 69.0 Å². The summed E-state index contributed by atoms with van der Waals surface area (Å²) in [6, 6.07) is 14.2. The second kappa shape index (κ2) is 10.6. The van der Waals surface area contributed by atoms with Crippen LogP contribution in [-0.2, 0) is 18.6 Å². The van der Waals surface area contributed by atoms with Crippen molar-refractivity contribution >= 4 is 47.4 Å². The van der Waals surface area contributed by atoms with Gasteiger partial charge >= 0.3 is 0 Å². The van der Waals surface area contributed by atoms with Crippen molar-refractivity contribution < 1.29 is 5.11 Å². The minimum absolute atomic E-state index is 0. The number of rotatable bonds is 6. The molecule has 3 aromatic rings. The van der Waals surface area contributed by atoms with Gasteiger partial charge in [-0.3, -0.25) is 0 Å². The SMILES string of the molecule is CC(C)c1nc(CO)n(Cc2ccc(C(C)(C)C)cc2)c1Sc1cc(Cl)cc(Cl)c1.Cl. The van der Waals surface area contributed by atoms with E-state index in [1.54, 1.807) is 17.8 Å². The predicted molar refractivity (Wildman–Crippen MR) is 134 cm³/mol. The van der Waals surface area contributed by atoms with Gasteiger partial charge in [-0.1, -0.05) is 93.8 Å². The molecular formula is C24H29Cl3N2OS. The van der Waals surface area contributed by atoms with E-state index in [9.17, 15) is 5.11 Å². The van der Waals surface area contributed by atoms with Crippen molar-refractivity contribution in [3.05, 3.63) is 75.2 Å².